The van der Waals surface area contributed by atoms with Crippen LogP contribution in [0.15, 0.2) is 57.7 Å². The Morgan fingerprint density at radius 1 is 1.03 bits per heavy atom. The van der Waals surface area contributed by atoms with Crippen LogP contribution in [0.3, 0.4) is 0 Å². The Hall–Kier alpha value is -3.28. The van der Waals surface area contributed by atoms with Gasteiger partial charge in [0, 0.05) is 37.9 Å². The maximum atomic E-state index is 13.0. The van der Waals surface area contributed by atoms with E-state index in [1.54, 1.807) is 6.92 Å². The summed E-state index contributed by atoms with van der Waals surface area (Å²) in [6.45, 7) is 8.42. The predicted octanol–water partition coefficient (Wildman–Crippen LogP) is 3.53. The smallest absolute Gasteiger partial charge is 0.336 e. The van der Waals surface area contributed by atoms with Gasteiger partial charge >= 0.3 is 5.63 Å². The largest absolute Gasteiger partial charge is 0.480 e. The Morgan fingerprint density at radius 2 is 1.73 bits per heavy atom. The lowest BCUT2D eigenvalue weighted by Crippen LogP contribution is -2.52. The maximum Gasteiger partial charge on any atom is 0.336 e. The van der Waals surface area contributed by atoms with Gasteiger partial charge in [-0.2, -0.15) is 0 Å². The average Bonchev–Trinajstić information content (AvgIpc) is 2.73. The first-order chi connectivity index (χ1) is 14.4. The second-order valence-corrected chi connectivity index (χ2v) is 7.79. The van der Waals surface area contributed by atoms with E-state index in [-0.39, 0.29) is 5.91 Å². The van der Waals surface area contributed by atoms with E-state index < -0.39 is 11.7 Å². The van der Waals surface area contributed by atoms with Gasteiger partial charge < -0.3 is 19.0 Å². The highest BCUT2D eigenvalue weighted by Crippen LogP contribution is 2.30. The maximum absolute atomic E-state index is 13.0. The van der Waals surface area contributed by atoms with Crippen LogP contribution in [0.1, 0.15) is 18.1 Å². The first-order valence-electron chi connectivity index (χ1n) is 10.2. The summed E-state index contributed by atoms with van der Waals surface area (Å²) in [5.41, 5.74) is 2.94. The molecule has 1 fully saturated rings. The summed E-state index contributed by atoms with van der Waals surface area (Å²) in [5, 5.41) is 0.730. The SMILES string of the molecule is Cc1cc(O[C@@H](C)C(=O)N2CCN(c3ccccc3)CC2)c2c(C)cc(=O)oc2c1. The Kier molecular flexibility index (Phi) is 5.48. The second-order valence-electron chi connectivity index (χ2n) is 7.79. The van der Waals surface area contributed by atoms with E-state index in [1.807, 2.05) is 49.1 Å². The van der Waals surface area contributed by atoms with Crippen molar-refractivity contribution in [3.05, 3.63) is 70.1 Å². The molecule has 1 aliphatic heterocycles. The summed E-state index contributed by atoms with van der Waals surface area (Å²) in [6, 6.07) is 15.4. The first kappa shape index (κ1) is 20.0. The molecular weight excluding hydrogens is 380 g/mol. The molecule has 1 atom stereocenters. The molecule has 2 aromatic carbocycles. The number of para-hydroxylation sites is 1. The van der Waals surface area contributed by atoms with Gasteiger partial charge in [-0.05, 0) is 56.2 Å². The summed E-state index contributed by atoms with van der Waals surface area (Å²) in [5.74, 6) is 0.530. The van der Waals surface area contributed by atoms with Crippen molar-refractivity contribution in [3.63, 3.8) is 0 Å². The Morgan fingerprint density at radius 3 is 2.43 bits per heavy atom. The number of hydrogen-bond acceptors (Lipinski definition) is 5. The number of piperazine rings is 1. The van der Waals surface area contributed by atoms with E-state index in [2.05, 4.69) is 17.0 Å². The molecule has 1 saturated heterocycles. The number of anilines is 1. The van der Waals surface area contributed by atoms with Crippen LogP contribution in [0.2, 0.25) is 0 Å². The number of amides is 1. The number of ether oxygens (including phenoxy) is 1. The predicted molar refractivity (Wildman–Crippen MR) is 117 cm³/mol. The van der Waals surface area contributed by atoms with E-state index in [4.69, 9.17) is 9.15 Å². The molecular formula is C24H26N2O4. The molecule has 1 aliphatic rings. The van der Waals surface area contributed by atoms with E-state index in [9.17, 15) is 9.59 Å². The van der Waals surface area contributed by atoms with Crippen LogP contribution in [0, 0.1) is 13.8 Å². The van der Waals surface area contributed by atoms with Gasteiger partial charge in [-0.3, -0.25) is 4.79 Å². The zero-order valence-corrected chi connectivity index (χ0v) is 17.6. The molecule has 6 heteroatoms. The number of nitrogens with zero attached hydrogens (tertiary/aromatic N) is 2. The topological polar surface area (TPSA) is 63.0 Å². The van der Waals surface area contributed by atoms with Gasteiger partial charge in [0.1, 0.15) is 11.3 Å². The van der Waals surface area contributed by atoms with Crippen molar-refractivity contribution in [1.29, 1.82) is 0 Å². The van der Waals surface area contributed by atoms with Crippen molar-refractivity contribution in [2.24, 2.45) is 0 Å². The minimum atomic E-state index is -0.635. The van der Waals surface area contributed by atoms with Crippen molar-refractivity contribution in [1.82, 2.24) is 4.90 Å². The molecule has 4 rings (SSSR count). The van der Waals surface area contributed by atoms with E-state index in [1.165, 1.54) is 11.8 Å². The number of rotatable bonds is 4. The summed E-state index contributed by atoms with van der Waals surface area (Å²) in [4.78, 5) is 28.9. The number of carbonyl (C=O) groups is 1. The fraction of sp³-hybridized carbons (Fsp3) is 0.333. The Bertz CT molecular complexity index is 1120. The number of aryl methyl sites for hydroxylation is 2. The molecule has 1 amide bonds. The third-order valence-electron chi connectivity index (χ3n) is 5.51. The van der Waals surface area contributed by atoms with Crippen LogP contribution in [-0.2, 0) is 4.79 Å². The third kappa shape index (κ3) is 4.03. The van der Waals surface area contributed by atoms with Crippen LogP contribution < -0.4 is 15.3 Å². The Balaban J connectivity index is 1.48. The van der Waals surface area contributed by atoms with Crippen molar-refractivity contribution in [2.75, 3.05) is 31.1 Å². The molecule has 2 heterocycles. The Labute approximate surface area is 175 Å². The van der Waals surface area contributed by atoms with Crippen LogP contribution in [0.5, 0.6) is 5.75 Å². The van der Waals surface area contributed by atoms with Crippen LogP contribution in [-0.4, -0.2) is 43.1 Å². The zero-order chi connectivity index (χ0) is 21.3. The molecule has 0 saturated carbocycles. The van der Waals surface area contributed by atoms with E-state index >= 15 is 0 Å². The molecule has 0 unspecified atom stereocenters. The lowest BCUT2D eigenvalue weighted by Gasteiger charge is -2.37. The molecule has 0 spiro atoms. The summed E-state index contributed by atoms with van der Waals surface area (Å²) in [6.07, 6.45) is -0.635. The van der Waals surface area contributed by atoms with Gasteiger partial charge in [0.25, 0.3) is 5.91 Å². The highest BCUT2D eigenvalue weighted by Gasteiger charge is 2.27. The quantitative estimate of drug-likeness (QED) is 0.621. The lowest BCUT2D eigenvalue weighted by molar-refractivity contribution is -0.138. The highest BCUT2D eigenvalue weighted by atomic mass is 16.5. The van der Waals surface area contributed by atoms with Gasteiger partial charge in [-0.15, -0.1) is 0 Å². The van der Waals surface area contributed by atoms with Gasteiger partial charge in [0.2, 0.25) is 0 Å². The van der Waals surface area contributed by atoms with E-state index in [0.29, 0.717) is 24.4 Å². The molecule has 0 bridgehead atoms. The van der Waals surface area contributed by atoms with Gasteiger partial charge in [-0.25, -0.2) is 4.79 Å². The molecule has 0 N–H and O–H groups in total. The number of fused-ring (bicyclic) bond motifs is 1. The molecule has 0 aliphatic carbocycles. The second kappa shape index (κ2) is 8.22. The molecule has 6 nitrogen and oxygen atoms in total. The standard InChI is InChI=1S/C24H26N2O4/c1-16-13-20(23-17(2)15-22(27)30-21(23)14-16)29-18(3)24(28)26-11-9-25(10-12-26)19-7-5-4-6-8-19/h4-8,13-15,18H,9-12H2,1-3H3/t18-/m0/s1. The number of benzene rings is 2. The van der Waals surface area contributed by atoms with Crippen molar-refractivity contribution < 1.29 is 13.9 Å². The van der Waals surface area contributed by atoms with Crippen molar-refractivity contribution in [2.45, 2.75) is 26.9 Å². The van der Waals surface area contributed by atoms with E-state index in [0.717, 1.165) is 29.6 Å². The minimum absolute atomic E-state index is 0.0348. The van der Waals surface area contributed by atoms with Gasteiger partial charge in [0.15, 0.2) is 6.10 Å². The molecule has 30 heavy (non-hydrogen) atoms. The van der Waals surface area contributed by atoms with Gasteiger partial charge in [-0.1, -0.05) is 18.2 Å². The summed E-state index contributed by atoms with van der Waals surface area (Å²) >= 11 is 0. The van der Waals surface area contributed by atoms with Crippen LogP contribution >= 0.6 is 0 Å². The normalized spacial score (nSPS) is 15.3. The number of carbonyl (C=O) groups excluding carboxylic acids is 1. The summed E-state index contributed by atoms with van der Waals surface area (Å²) < 4.78 is 11.4. The highest BCUT2D eigenvalue weighted by molar-refractivity contribution is 5.88. The summed E-state index contributed by atoms with van der Waals surface area (Å²) in [7, 11) is 0. The minimum Gasteiger partial charge on any atom is -0.480 e. The molecule has 0 radical (unpaired) electrons. The first-order valence-corrected chi connectivity index (χ1v) is 10.2. The van der Waals surface area contributed by atoms with Crippen molar-refractivity contribution >= 4 is 22.6 Å². The average molecular weight is 406 g/mol. The van der Waals surface area contributed by atoms with Crippen molar-refractivity contribution in [3.8, 4) is 5.75 Å². The number of hydrogen-bond donors (Lipinski definition) is 0. The lowest BCUT2D eigenvalue weighted by atomic mass is 10.1. The fourth-order valence-corrected chi connectivity index (χ4v) is 3.99. The van der Waals surface area contributed by atoms with Crippen LogP contribution in [0.4, 0.5) is 5.69 Å². The zero-order valence-electron chi connectivity index (χ0n) is 17.6. The monoisotopic (exact) mass is 406 g/mol. The van der Waals surface area contributed by atoms with Crippen LogP contribution in [0.25, 0.3) is 11.0 Å². The molecule has 3 aromatic rings. The fourth-order valence-electron chi connectivity index (χ4n) is 3.99. The molecule has 1 aromatic heterocycles. The molecule has 156 valence electrons. The van der Waals surface area contributed by atoms with Gasteiger partial charge in [0.05, 0.1) is 5.39 Å². The third-order valence-corrected chi connectivity index (χ3v) is 5.51.